The van der Waals surface area contributed by atoms with Crippen molar-refractivity contribution in [2.24, 2.45) is 0 Å². The molecule has 92 valence electrons. The van der Waals surface area contributed by atoms with E-state index in [1.165, 1.54) is 0 Å². The van der Waals surface area contributed by atoms with Crippen LogP contribution in [0.3, 0.4) is 0 Å². The number of hydrogen-bond acceptors (Lipinski definition) is 2. The number of aromatic amines is 1. The van der Waals surface area contributed by atoms with Gasteiger partial charge in [0.2, 0.25) is 5.91 Å². The number of nitrogens with zero attached hydrogens (tertiary/aromatic N) is 1. The molecule has 0 unspecified atom stereocenters. The van der Waals surface area contributed by atoms with Gasteiger partial charge < -0.3 is 9.88 Å². The number of carbonyl (C=O) groups excluding carboxylic acids is 2. The molecule has 0 saturated carbocycles. The molecule has 1 fully saturated rings. The lowest BCUT2D eigenvalue weighted by atomic mass is 9.89. The van der Waals surface area contributed by atoms with Crippen molar-refractivity contribution in [1.82, 2.24) is 9.88 Å². The molecule has 1 aliphatic rings. The second-order valence-electron chi connectivity index (χ2n) is 5.22. The quantitative estimate of drug-likeness (QED) is 0.843. The second-order valence-corrected chi connectivity index (χ2v) is 5.22. The number of ketones is 1. The fourth-order valence-corrected chi connectivity index (χ4v) is 2.41. The summed E-state index contributed by atoms with van der Waals surface area (Å²) in [5.74, 6) is 0.350. The van der Waals surface area contributed by atoms with E-state index in [4.69, 9.17) is 0 Å². The third-order valence-corrected chi connectivity index (χ3v) is 3.29. The van der Waals surface area contributed by atoms with Crippen molar-refractivity contribution < 1.29 is 9.59 Å². The van der Waals surface area contributed by atoms with E-state index in [1.807, 2.05) is 37.2 Å². The standard InChI is InChI=1S/C13H18N2O2/c1-13(2)8-11(16)4-6-15(13)12(17)7-10-3-5-14-9-10/h3,5,9,14H,4,6-8H2,1-2H3. The lowest BCUT2D eigenvalue weighted by Gasteiger charge is -2.41. The summed E-state index contributed by atoms with van der Waals surface area (Å²) in [6.07, 6.45) is 5.00. The Kier molecular flexibility index (Phi) is 3.05. The third kappa shape index (κ3) is 2.57. The molecule has 0 spiro atoms. The summed E-state index contributed by atoms with van der Waals surface area (Å²) in [5, 5.41) is 0. The van der Waals surface area contributed by atoms with Gasteiger partial charge in [-0.25, -0.2) is 0 Å². The summed E-state index contributed by atoms with van der Waals surface area (Å²) in [6, 6.07) is 1.90. The van der Waals surface area contributed by atoms with Gasteiger partial charge in [-0.1, -0.05) is 0 Å². The molecule has 0 aliphatic carbocycles. The van der Waals surface area contributed by atoms with Gasteiger partial charge in [0.15, 0.2) is 0 Å². The molecular formula is C13H18N2O2. The predicted molar refractivity (Wildman–Crippen MR) is 64.5 cm³/mol. The number of piperidine rings is 1. The number of H-pyrrole nitrogens is 1. The molecule has 0 bridgehead atoms. The molecule has 1 amide bonds. The van der Waals surface area contributed by atoms with Crippen molar-refractivity contribution in [1.29, 1.82) is 0 Å². The number of aromatic nitrogens is 1. The zero-order valence-corrected chi connectivity index (χ0v) is 10.3. The monoisotopic (exact) mass is 234 g/mol. The summed E-state index contributed by atoms with van der Waals surface area (Å²) in [5.41, 5.74) is 0.644. The van der Waals surface area contributed by atoms with Crippen molar-refractivity contribution >= 4 is 11.7 Å². The van der Waals surface area contributed by atoms with E-state index in [9.17, 15) is 9.59 Å². The average Bonchev–Trinajstić information content (AvgIpc) is 2.68. The SMILES string of the molecule is CC1(C)CC(=O)CCN1C(=O)Cc1cc[nH]c1. The fraction of sp³-hybridized carbons (Fsp3) is 0.538. The molecule has 2 heterocycles. The van der Waals surface area contributed by atoms with Gasteiger partial charge in [0, 0.05) is 37.3 Å². The second kappa shape index (κ2) is 4.35. The van der Waals surface area contributed by atoms with Gasteiger partial charge in [-0.05, 0) is 25.5 Å². The first-order valence-corrected chi connectivity index (χ1v) is 5.93. The zero-order chi connectivity index (χ0) is 12.5. The maximum Gasteiger partial charge on any atom is 0.227 e. The van der Waals surface area contributed by atoms with E-state index in [0.29, 0.717) is 25.8 Å². The van der Waals surface area contributed by atoms with Crippen LogP contribution in [0.1, 0.15) is 32.3 Å². The average molecular weight is 234 g/mol. The van der Waals surface area contributed by atoms with E-state index < -0.39 is 0 Å². The van der Waals surface area contributed by atoms with Crippen LogP contribution >= 0.6 is 0 Å². The minimum atomic E-state index is -0.345. The topological polar surface area (TPSA) is 53.2 Å². The third-order valence-electron chi connectivity index (χ3n) is 3.29. The molecule has 1 aromatic heterocycles. The van der Waals surface area contributed by atoms with E-state index >= 15 is 0 Å². The highest BCUT2D eigenvalue weighted by Crippen LogP contribution is 2.26. The molecule has 4 nitrogen and oxygen atoms in total. The number of hydrogen-bond donors (Lipinski definition) is 1. The van der Waals surface area contributed by atoms with Gasteiger partial charge in [0.25, 0.3) is 0 Å². The number of likely N-dealkylation sites (tertiary alicyclic amines) is 1. The first-order chi connectivity index (χ1) is 7.99. The Morgan fingerprint density at radius 3 is 2.88 bits per heavy atom. The van der Waals surface area contributed by atoms with Gasteiger partial charge >= 0.3 is 0 Å². The lowest BCUT2D eigenvalue weighted by molar-refractivity contribution is -0.141. The molecule has 1 saturated heterocycles. The number of Topliss-reactive ketones (excluding diaryl/α,β-unsaturated/α-hetero) is 1. The molecule has 0 radical (unpaired) electrons. The highest BCUT2D eigenvalue weighted by Gasteiger charge is 2.36. The Labute approximate surface area is 101 Å². The van der Waals surface area contributed by atoms with Crippen LogP contribution in [0, 0.1) is 0 Å². The molecule has 4 heteroatoms. The van der Waals surface area contributed by atoms with Crippen LogP contribution in [0.25, 0.3) is 0 Å². The first kappa shape index (κ1) is 11.9. The Morgan fingerprint density at radius 1 is 1.53 bits per heavy atom. The molecule has 0 atom stereocenters. The van der Waals surface area contributed by atoms with Gasteiger partial charge in [-0.2, -0.15) is 0 Å². The summed E-state index contributed by atoms with van der Waals surface area (Å²) in [6.45, 7) is 4.47. The minimum Gasteiger partial charge on any atom is -0.367 e. The highest BCUT2D eigenvalue weighted by molar-refractivity contribution is 5.85. The number of rotatable bonds is 2. The van der Waals surface area contributed by atoms with Crippen LogP contribution in [-0.4, -0.2) is 33.7 Å². The zero-order valence-electron chi connectivity index (χ0n) is 10.3. The molecular weight excluding hydrogens is 216 g/mol. The molecule has 1 aromatic rings. The molecule has 0 aromatic carbocycles. The van der Waals surface area contributed by atoms with E-state index in [-0.39, 0.29) is 17.2 Å². The van der Waals surface area contributed by atoms with Crippen molar-refractivity contribution in [2.45, 2.75) is 38.6 Å². The Hall–Kier alpha value is -1.58. The summed E-state index contributed by atoms with van der Waals surface area (Å²) in [4.78, 5) is 28.4. The van der Waals surface area contributed by atoms with E-state index in [1.54, 1.807) is 0 Å². The first-order valence-electron chi connectivity index (χ1n) is 5.93. The maximum atomic E-state index is 12.2. The number of nitrogens with one attached hydrogen (secondary N) is 1. The molecule has 1 N–H and O–H groups in total. The molecule has 1 aliphatic heterocycles. The smallest absolute Gasteiger partial charge is 0.227 e. The van der Waals surface area contributed by atoms with Gasteiger partial charge in [-0.3, -0.25) is 9.59 Å². The van der Waals surface area contributed by atoms with Crippen LogP contribution in [0.5, 0.6) is 0 Å². The molecule has 2 rings (SSSR count). The van der Waals surface area contributed by atoms with Crippen LogP contribution in [0.2, 0.25) is 0 Å². The van der Waals surface area contributed by atoms with Crippen LogP contribution in [0.15, 0.2) is 18.5 Å². The van der Waals surface area contributed by atoms with Crippen molar-refractivity contribution in [3.8, 4) is 0 Å². The molecule has 17 heavy (non-hydrogen) atoms. The number of amides is 1. The summed E-state index contributed by atoms with van der Waals surface area (Å²) < 4.78 is 0. The largest absolute Gasteiger partial charge is 0.367 e. The van der Waals surface area contributed by atoms with Crippen molar-refractivity contribution in [2.75, 3.05) is 6.54 Å². The Balaban J connectivity index is 2.06. The Morgan fingerprint density at radius 2 is 2.29 bits per heavy atom. The van der Waals surface area contributed by atoms with Crippen LogP contribution < -0.4 is 0 Å². The Bertz CT molecular complexity index is 421. The van der Waals surface area contributed by atoms with Crippen molar-refractivity contribution in [3.05, 3.63) is 24.0 Å². The summed E-state index contributed by atoms with van der Waals surface area (Å²) in [7, 11) is 0. The van der Waals surface area contributed by atoms with Crippen molar-refractivity contribution in [3.63, 3.8) is 0 Å². The van der Waals surface area contributed by atoms with Gasteiger partial charge in [-0.15, -0.1) is 0 Å². The predicted octanol–water partition coefficient (Wildman–Crippen LogP) is 1.53. The maximum absolute atomic E-state index is 12.2. The van der Waals surface area contributed by atoms with E-state index in [2.05, 4.69) is 4.98 Å². The van der Waals surface area contributed by atoms with Gasteiger partial charge in [0.1, 0.15) is 5.78 Å². The fourth-order valence-electron chi connectivity index (χ4n) is 2.41. The van der Waals surface area contributed by atoms with Crippen LogP contribution in [-0.2, 0) is 16.0 Å². The van der Waals surface area contributed by atoms with E-state index in [0.717, 1.165) is 5.56 Å². The minimum absolute atomic E-state index is 0.0992. The number of carbonyl (C=O) groups is 2. The van der Waals surface area contributed by atoms with Crippen LogP contribution in [0.4, 0.5) is 0 Å². The highest BCUT2D eigenvalue weighted by atomic mass is 16.2. The summed E-state index contributed by atoms with van der Waals surface area (Å²) >= 11 is 0. The van der Waals surface area contributed by atoms with Gasteiger partial charge in [0.05, 0.1) is 6.42 Å². The normalized spacial score (nSPS) is 19.4. The lowest BCUT2D eigenvalue weighted by Crippen LogP contribution is -2.53.